The summed E-state index contributed by atoms with van der Waals surface area (Å²) in [4.78, 5) is 0. The van der Waals surface area contributed by atoms with Gasteiger partial charge in [-0.15, -0.1) is 0 Å². The minimum Gasteiger partial charge on any atom is -0.0654 e. The third-order valence-electron chi connectivity index (χ3n) is 7.33. The largest absolute Gasteiger partial charge is 0.0654 e. The molecule has 0 nitrogen and oxygen atoms in total. The molecule has 0 aliphatic carbocycles. The van der Waals surface area contributed by atoms with Crippen molar-refractivity contribution in [3.8, 4) is 0 Å². The SMILES string of the molecule is CCCCCCCC.CCCCCCCCC.CCCCCCCCCC.CCCCCCCCCCC. The normalized spacial score (nSPS) is 10.1. The lowest BCUT2D eigenvalue weighted by Gasteiger charge is -1.98. The first-order chi connectivity index (χ1) is 18.7. The van der Waals surface area contributed by atoms with E-state index in [1.54, 1.807) is 0 Å². The molecule has 0 fully saturated rings. The predicted octanol–water partition coefficient (Wildman–Crippen LogP) is 15.8. The summed E-state index contributed by atoms with van der Waals surface area (Å²) in [6, 6.07) is 0. The Labute approximate surface area is 247 Å². The molecule has 0 aromatic rings. The van der Waals surface area contributed by atoms with E-state index >= 15 is 0 Å². The zero-order chi connectivity index (χ0) is 29.2. The number of unbranched alkanes of at least 4 members (excludes halogenated alkanes) is 26. The summed E-state index contributed by atoms with van der Waals surface area (Å²) in [7, 11) is 0. The molecule has 0 heteroatoms. The van der Waals surface area contributed by atoms with Gasteiger partial charge in [0.25, 0.3) is 0 Å². The van der Waals surface area contributed by atoms with Gasteiger partial charge < -0.3 is 0 Å². The van der Waals surface area contributed by atoms with E-state index in [9.17, 15) is 0 Å². The van der Waals surface area contributed by atoms with E-state index in [0.717, 1.165) is 0 Å². The first-order valence-corrected chi connectivity index (χ1v) is 18.7. The van der Waals surface area contributed by atoms with Crippen LogP contribution in [0, 0.1) is 0 Å². The van der Waals surface area contributed by atoms with Crippen LogP contribution in [0.15, 0.2) is 0 Å². The molecule has 0 N–H and O–H groups in total. The van der Waals surface area contributed by atoms with Crippen LogP contribution in [0.1, 0.15) is 248 Å². The molecule has 0 radical (unpaired) electrons. The van der Waals surface area contributed by atoms with Crippen LogP contribution in [0.25, 0.3) is 0 Å². The van der Waals surface area contributed by atoms with Gasteiger partial charge in [-0.25, -0.2) is 0 Å². The highest BCUT2D eigenvalue weighted by molar-refractivity contribution is 4.45. The summed E-state index contributed by atoms with van der Waals surface area (Å²) in [6.07, 6.45) is 42.9. The fourth-order valence-electron chi connectivity index (χ4n) is 4.47. The van der Waals surface area contributed by atoms with E-state index in [2.05, 4.69) is 55.4 Å². The lowest BCUT2D eigenvalue weighted by atomic mass is 10.1. The number of rotatable bonds is 26. The van der Waals surface area contributed by atoms with Gasteiger partial charge in [-0.3, -0.25) is 0 Å². The van der Waals surface area contributed by atoms with Crippen LogP contribution in [0.3, 0.4) is 0 Å². The second kappa shape index (κ2) is 53.3. The number of hydrogen-bond donors (Lipinski definition) is 0. The van der Waals surface area contributed by atoms with Gasteiger partial charge in [0, 0.05) is 0 Å². The summed E-state index contributed by atoms with van der Waals surface area (Å²) in [5, 5.41) is 0. The minimum absolute atomic E-state index is 1.36. The minimum atomic E-state index is 1.36. The van der Waals surface area contributed by atoms with Gasteiger partial charge in [-0.2, -0.15) is 0 Å². The Kier molecular flexibility index (Phi) is 63.1. The average molecular weight is 541 g/mol. The van der Waals surface area contributed by atoms with Gasteiger partial charge >= 0.3 is 0 Å². The van der Waals surface area contributed by atoms with E-state index < -0.39 is 0 Å². The third-order valence-corrected chi connectivity index (χ3v) is 7.33. The topological polar surface area (TPSA) is 0 Å². The van der Waals surface area contributed by atoms with E-state index in [1.165, 1.54) is 193 Å². The van der Waals surface area contributed by atoms with Gasteiger partial charge in [0.15, 0.2) is 0 Å². The fourth-order valence-corrected chi connectivity index (χ4v) is 4.47. The van der Waals surface area contributed by atoms with Crippen molar-refractivity contribution in [2.75, 3.05) is 0 Å². The molecule has 0 aliphatic heterocycles. The van der Waals surface area contributed by atoms with Crippen molar-refractivity contribution in [1.29, 1.82) is 0 Å². The summed E-state index contributed by atoms with van der Waals surface area (Å²) in [5.74, 6) is 0. The summed E-state index contributed by atoms with van der Waals surface area (Å²) in [6.45, 7) is 18.1. The molecule has 0 unspecified atom stereocenters. The van der Waals surface area contributed by atoms with Gasteiger partial charge in [-0.05, 0) is 0 Å². The van der Waals surface area contributed by atoms with E-state index in [1.807, 2.05) is 0 Å². The molecule has 0 bridgehead atoms. The average Bonchev–Trinajstić information content (AvgIpc) is 2.94. The molecule has 0 spiro atoms. The molecule has 0 saturated carbocycles. The van der Waals surface area contributed by atoms with Crippen LogP contribution < -0.4 is 0 Å². The summed E-state index contributed by atoms with van der Waals surface area (Å²) >= 11 is 0. The molecule has 0 heterocycles. The molecular weight excluding hydrogens is 456 g/mol. The van der Waals surface area contributed by atoms with Crippen LogP contribution in [0.5, 0.6) is 0 Å². The highest BCUT2D eigenvalue weighted by atomic mass is 14.0. The van der Waals surface area contributed by atoms with Crippen molar-refractivity contribution in [2.45, 2.75) is 248 Å². The lowest BCUT2D eigenvalue weighted by molar-refractivity contribution is 0.572. The summed E-state index contributed by atoms with van der Waals surface area (Å²) < 4.78 is 0. The van der Waals surface area contributed by atoms with Crippen molar-refractivity contribution in [2.24, 2.45) is 0 Å². The molecule has 0 saturated heterocycles. The molecule has 0 aromatic carbocycles. The fraction of sp³-hybridized carbons (Fsp3) is 1.00. The van der Waals surface area contributed by atoms with E-state index in [0.29, 0.717) is 0 Å². The Bertz CT molecular complexity index is 266. The molecular formula is C38H84. The molecule has 236 valence electrons. The molecule has 0 amide bonds. The van der Waals surface area contributed by atoms with Crippen molar-refractivity contribution in [3.05, 3.63) is 0 Å². The molecule has 38 heavy (non-hydrogen) atoms. The number of hydrogen-bond acceptors (Lipinski definition) is 0. The summed E-state index contributed by atoms with van der Waals surface area (Å²) in [5.41, 5.74) is 0. The van der Waals surface area contributed by atoms with Crippen LogP contribution >= 0.6 is 0 Å². The van der Waals surface area contributed by atoms with Gasteiger partial charge in [-0.1, -0.05) is 248 Å². The Hall–Kier alpha value is 0. The Morgan fingerprint density at radius 1 is 0.132 bits per heavy atom. The maximum Gasteiger partial charge on any atom is -0.0533 e. The zero-order valence-electron chi connectivity index (χ0n) is 29.2. The van der Waals surface area contributed by atoms with Crippen molar-refractivity contribution in [1.82, 2.24) is 0 Å². The van der Waals surface area contributed by atoms with Crippen molar-refractivity contribution >= 4 is 0 Å². The second-order valence-corrected chi connectivity index (χ2v) is 11.8. The highest BCUT2D eigenvalue weighted by Gasteiger charge is 1.90. The van der Waals surface area contributed by atoms with Crippen molar-refractivity contribution in [3.63, 3.8) is 0 Å². The van der Waals surface area contributed by atoms with Crippen LogP contribution in [0.2, 0.25) is 0 Å². The first-order valence-electron chi connectivity index (χ1n) is 18.7. The first kappa shape index (κ1) is 45.0. The Balaban J connectivity index is -0.000000204. The lowest BCUT2D eigenvalue weighted by Crippen LogP contribution is -1.79. The molecule has 0 aliphatic rings. The Morgan fingerprint density at radius 3 is 0.289 bits per heavy atom. The molecule has 0 aromatic heterocycles. The third kappa shape index (κ3) is 65.2. The quantitative estimate of drug-likeness (QED) is 0.0957. The maximum atomic E-state index is 2.27. The Morgan fingerprint density at radius 2 is 0.211 bits per heavy atom. The van der Waals surface area contributed by atoms with Crippen LogP contribution in [0.4, 0.5) is 0 Å². The molecule has 0 atom stereocenters. The van der Waals surface area contributed by atoms with Crippen molar-refractivity contribution < 1.29 is 0 Å². The van der Waals surface area contributed by atoms with Gasteiger partial charge in [0.2, 0.25) is 0 Å². The van der Waals surface area contributed by atoms with Gasteiger partial charge in [0.1, 0.15) is 0 Å². The zero-order valence-corrected chi connectivity index (χ0v) is 29.2. The molecule has 0 rings (SSSR count). The van der Waals surface area contributed by atoms with E-state index in [4.69, 9.17) is 0 Å². The smallest absolute Gasteiger partial charge is 0.0533 e. The van der Waals surface area contributed by atoms with Gasteiger partial charge in [0.05, 0.1) is 0 Å². The van der Waals surface area contributed by atoms with Crippen LogP contribution in [-0.2, 0) is 0 Å². The highest BCUT2D eigenvalue weighted by Crippen LogP contribution is 2.09. The second-order valence-electron chi connectivity index (χ2n) is 11.8. The van der Waals surface area contributed by atoms with Crippen LogP contribution in [-0.4, -0.2) is 0 Å². The monoisotopic (exact) mass is 541 g/mol. The van der Waals surface area contributed by atoms with E-state index in [-0.39, 0.29) is 0 Å². The maximum absolute atomic E-state index is 2.27. The standard InChI is InChI=1S/C11H24.C10H22.C9H20.C8H18/c1-3-5-7-9-11-10-8-6-4-2;1-3-5-7-9-10-8-6-4-2;1-3-5-7-9-8-6-4-2;1-3-5-7-8-6-4-2/h3-11H2,1-2H3;3-10H2,1-2H3;3-9H2,1-2H3;3-8H2,1-2H3. The predicted molar refractivity (Wildman–Crippen MR) is 184 cm³/mol.